The van der Waals surface area contributed by atoms with Crippen molar-refractivity contribution in [3.8, 4) is 0 Å². The van der Waals surface area contributed by atoms with Crippen molar-refractivity contribution in [3.63, 3.8) is 0 Å². The predicted octanol–water partition coefficient (Wildman–Crippen LogP) is 3.05. The van der Waals surface area contributed by atoms with Crippen molar-refractivity contribution in [3.05, 3.63) is 30.1 Å². The second-order valence-corrected chi connectivity index (χ2v) is 7.33. The smallest absolute Gasteiger partial charge is 0.222 e. The first-order valence-electron chi connectivity index (χ1n) is 9.69. The van der Waals surface area contributed by atoms with Crippen LogP contribution in [-0.4, -0.2) is 34.3 Å². The van der Waals surface area contributed by atoms with Crippen LogP contribution in [0, 0.1) is 5.92 Å². The Morgan fingerprint density at radius 2 is 2.00 bits per heavy atom. The van der Waals surface area contributed by atoms with Crippen molar-refractivity contribution in [2.24, 2.45) is 5.92 Å². The molecule has 2 fully saturated rings. The van der Waals surface area contributed by atoms with E-state index in [0.717, 1.165) is 18.5 Å². The van der Waals surface area contributed by atoms with Crippen LogP contribution < -0.4 is 5.32 Å². The Bertz CT molecular complexity index is 574. The van der Waals surface area contributed by atoms with Gasteiger partial charge in [-0.05, 0) is 49.7 Å². The Balaban J connectivity index is 1.37. The summed E-state index contributed by atoms with van der Waals surface area (Å²) in [6.07, 6.45) is 12.4. The van der Waals surface area contributed by atoms with Gasteiger partial charge in [0.05, 0.1) is 0 Å². The fraction of sp³-hybridized carbons (Fsp3) is 0.650. The summed E-state index contributed by atoms with van der Waals surface area (Å²) in [7, 11) is 0. The standard InChI is InChI=1S/C20H29N3O2/c24-19(22-15-16-6-4-12-21-14-16)10-3-11-20(25)23-13-5-8-17-7-1-2-9-18(17)23/h4,6,12,14,17-18H,1-3,5,7-11,13,15H2,(H,22,24). The molecule has 136 valence electrons. The van der Waals surface area contributed by atoms with Crippen LogP contribution in [0.1, 0.15) is 63.4 Å². The van der Waals surface area contributed by atoms with Gasteiger partial charge in [0.15, 0.2) is 0 Å². The monoisotopic (exact) mass is 343 g/mol. The second kappa shape index (κ2) is 8.97. The van der Waals surface area contributed by atoms with Gasteiger partial charge in [0.2, 0.25) is 11.8 Å². The van der Waals surface area contributed by atoms with Crippen LogP contribution in [0.5, 0.6) is 0 Å². The van der Waals surface area contributed by atoms with Gasteiger partial charge < -0.3 is 10.2 Å². The lowest BCUT2D eigenvalue weighted by Crippen LogP contribution is -2.49. The van der Waals surface area contributed by atoms with Crippen LogP contribution >= 0.6 is 0 Å². The number of fused-ring (bicyclic) bond motifs is 1. The molecule has 2 amide bonds. The molecule has 2 unspecified atom stereocenters. The average molecular weight is 343 g/mol. The molecule has 1 saturated carbocycles. The highest BCUT2D eigenvalue weighted by Crippen LogP contribution is 2.35. The molecule has 2 aliphatic rings. The summed E-state index contributed by atoms with van der Waals surface area (Å²) in [5, 5.41) is 2.89. The van der Waals surface area contributed by atoms with Gasteiger partial charge in [-0.3, -0.25) is 14.6 Å². The minimum Gasteiger partial charge on any atom is -0.352 e. The van der Waals surface area contributed by atoms with Crippen LogP contribution in [0.4, 0.5) is 0 Å². The van der Waals surface area contributed by atoms with Crippen molar-refractivity contribution in [1.82, 2.24) is 15.2 Å². The normalized spacial score (nSPS) is 23.0. The van der Waals surface area contributed by atoms with Crippen LogP contribution in [0.2, 0.25) is 0 Å². The number of rotatable bonds is 6. The topological polar surface area (TPSA) is 62.3 Å². The van der Waals surface area contributed by atoms with Crippen LogP contribution in [-0.2, 0) is 16.1 Å². The number of carbonyl (C=O) groups excluding carboxylic acids is 2. The first-order valence-corrected chi connectivity index (χ1v) is 9.69. The molecule has 0 bridgehead atoms. The van der Waals surface area contributed by atoms with Crippen molar-refractivity contribution in [1.29, 1.82) is 0 Å². The summed E-state index contributed by atoms with van der Waals surface area (Å²) in [4.78, 5) is 30.7. The average Bonchev–Trinajstić information content (AvgIpc) is 2.66. The largest absolute Gasteiger partial charge is 0.352 e. The number of aromatic nitrogens is 1. The SMILES string of the molecule is O=C(CCCC(=O)N1CCCC2CCCCC21)NCc1cccnc1. The molecule has 1 aromatic heterocycles. The zero-order valence-electron chi connectivity index (χ0n) is 15.0. The zero-order valence-corrected chi connectivity index (χ0v) is 15.0. The number of likely N-dealkylation sites (tertiary alicyclic amines) is 1. The molecular weight excluding hydrogens is 314 g/mol. The third kappa shape index (κ3) is 5.03. The highest BCUT2D eigenvalue weighted by Gasteiger charge is 2.35. The Hall–Kier alpha value is -1.91. The molecule has 25 heavy (non-hydrogen) atoms. The highest BCUT2D eigenvalue weighted by atomic mass is 16.2. The lowest BCUT2D eigenvalue weighted by Gasteiger charge is -2.44. The maximum atomic E-state index is 12.6. The number of hydrogen-bond donors (Lipinski definition) is 1. The molecule has 1 aliphatic carbocycles. The number of nitrogens with zero attached hydrogens (tertiary/aromatic N) is 2. The Labute approximate surface area is 150 Å². The lowest BCUT2D eigenvalue weighted by atomic mass is 9.78. The van der Waals surface area contributed by atoms with Gasteiger partial charge >= 0.3 is 0 Å². The molecular formula is C20H29N3O2. The van der Waals surface area contributed by atoms with E-state index in [1.807, 2.05) is 12.1 Å². The quantitative estimate of drug-likeness (QED) is 0.863. The molecule has 1 saturated heterocycles. The third-order valence-corrected chi connectivity index (χ3v) is 5.57. The van der Waals surface area contributed by atoms with E-state index in [9.17, 15) is 9.59 Å². The van der Waals surface area contributed by atoms with Crippen LogP contribution in [0.25, 0.3) is 0 Å². The zero-order chi connectivity index (χ0) is 17.5. The first-order chi connectivity index (χ1) is 12.2. The van der Waals surface area contributed by atoms with Gasteiger partial charge in [0, 0.05) is 44.4 Å². The minimum absolute atomic E-state index is 0.00541. The molecule has 0 radical (unpaired) electrons. The molecule has 5 heteroatoms. The molecule has 0 spiro atoms. The Morgan fingerprint density at radius 3 is 2.84 bits per heavy atom. The number of amides is 2. The van der Waals surface area contributed by atoms with Gasteiger partial charge in [-0.2, -0.15) is 0 Å². The van der Waals surface area contributed by atoms with Crippen LogP contribution in [0.3, 0.4) is 0 Å². The Morgan fingerprint density at radius 1 is 1.16 bits per heavy atom. The van der Waals surface area contributed by atoms with Gasteiger partial charge in [-0.1, -0.05) is 18.9 Å². The second-order valence-electron chi connectivity index (χ2n) is 7.33. The van der Waals surface area contributed by atoms with E-state index >= 15 is 0 Å². The Kier molecular flexibility index (Phi) is 6.42. The minimum atomic E-state index is 0.00541. The molecule has 3 rings (SSSR count). The fourth-order valence-corrected chi connectivity index (χ4v) is 4.27. The lowest BCUT2D eigenvalue weighted by molar-refractivity contribution is -0.137. The summed E-state index contributed by atoms with van der Waals surface area (Å²) >= 11 is 0. The summed E-state index contributed by atoms with van der Waals surface area (Å²) < 4.78 is 0. The summed E-state index contributed by atoms with van der Waals surface area (Å²) in [5.74, 6) is 0.969. The first kappa shape index (κ1) is 17.9. The molecule has 1 N–H and O–H groups in total. The predicted molar refractivity (Wildman–Crippen MR) is 96.6 cm³/mol. The third-order valence-electron chi connectivity index (χ3n) is 5.57. The van der Waals surface area contributed by atoms with Crippen molar-refractivity contribution in [2.45, 2.75) is 70.4 Å². The molecule has 5 nitrogen and oxygen atoms in total. The molecule has 1 aliphatic heterocycles. The maximum Gasteiger partial charge on any atom is 0.222 e. The van der Waals surface area contributed by atoms with E-state index in [-0.39, 0.29) is 11.8 Å². The van der Waals surface area contributed by atoms with Crippen molar-refractivity contribution < 1.29 is 9.59 Å². The van der Waals surface area contributed by atoms with Gasteiger partial charge in [-0.15, -0.1) is 0 Å². The van der Waals surface area contributed by atoms with Gasteiger partial charge in [0.1, 0.15) is 0 Å². The number of hydrogen-bond acceptors (Lipinski definition) is 3. The summed E-state index contributed by atoms with van der Waals surface area (Å²) in [6, 6.07) is 4.26. The molecule has 0 aromatic carbocycles. The van der Waals surface area contributed by atoms with Crippen LogP contribution in [0.15, 0.2) is 24.5 Å². The van der Waals surface area contributed by atoms with Gasteiger partial charge in [-0.25, -0.2) is 0 Å². The van der Waals surface area contributed by atoms with E-state index in [1.54, 1.807) is 12.4 Å². The molecule has 2 atom stereocenters. The summed E-state index contributed by atoms with van der Waals surface area (Å²) in [5.41, 5.74) is 0.989. The maximum absolute atomic E-state index is 12.6. The molecule has 1 aromatic rings. The highest BCUT2D eigenvalue weighted by molar-refractivity contribution is 5.79. The molecule has 2 heterocycles. The van der Waals surface area contributed by atoms with E-state index in [2.05, 4.69) is 15.2 Å². The summed E-state index contributed by atoms with van der Waals surface area (Å²) in [6.45, 7) is 1.41. The van der Waals surface area contributed by atoms with E-state index in [1.165, 1.54) is 32.1 Å². The number of carbonyl (C=O) groups is 2. The number of pyridine rings is 1. The van der Waals surface area contributed by atoms with Crippen molar-refractivity contribution in [2.75, 3.05) is 6.54 Å². The van der Waals surface area contributed by atoms with E-state index in [0.29, 0.717) is 37.8 Å². The van der Waals surface area contributed by atoms with Gasteiger partial charge in [0.25, 0.3) is 0 Å². The number of piperidine rings is 1. The number of nitrogens with one attached hydrogen (secondary N) is 1. The fourth-order valence-electron chi connectivity index (χ4n) is 4.27. The van der Waals surface area contributed by atoms with E-state index < -0.39 is 0 Å². The van der Waals surface area contributed by atoms with E-state index in [4.69, 9.17) is 0 Å². The van der Waals surface area contributed by atoms with Crippen molar-refractivity contribution >= 4 is 11.8 Å².